The van der Waals surface area contributed by atoms with Gasteiger partial charge in [0.15, 0.2) is 0 Å². The number of amides is 1. The van der Waals surface area contributed by atoms with Crippen LogP contribution in [0.5, 0.6) is 11.5 Å². The Bertz CT molecular complexity index is 1350. The zero-order valence-corrected chi connectivity index (χ0v) is 20.9. The van der Waals surface area contributed by atoms with E-state index in [4.69, 9.17) is 18.6 Å². The predicted molar refractivity (Wildman–Crippen MR) is 126 cm³/mol. The van der Waals surface area contributed by atoms with Gasteiger partial charge >= 0.3 is 11.2 Å². The van der Waals surface area contributed by atoms with Crippen molar-refractivity contribution in [2.45, 2.75) is 30.9 Å². The number of rotatable bonds is 8. The molecule has 35 heavy (non-hydrogen) atoms. The van der Waals surface area contributed by atoms with E-state index in [1.54, 1.807) is 18.2 Å². The second-order valence-corrected chi connectivity index (χ2v) is 10.7. The smallest absolute Gasteiger partial charge is 0.341 e. The fourth-order valence-electron chi connectivity index (χ4n) is 3.75. The molecule has 0 unspecified atom stereocenters. The topological polar surface area (TPSA) is 147 Å². The van der Waals surface area contributed by atoms with Gasteiger partial charge in [-0.2, -0.15) is 0 Å². The lowest BCUT2D eigenvalue weighted by molar-refractivity contribution is -0.113. The average Bonchev–Trinajstić information content (AvgIpc) is 3.48. The molecule has 4 rings (SSSR count). The first-order valence-corrected chi connectivity index (χ1v) is 13.0. The molecule has 0 radical (unpaired) electrons. The summed E-state index contributed by atoms with van der Waals surface area (Å²) >= 11 is 1.26. The minimum absolute atomic E-state index is 0.0832. The van der Waals surface area contributed by atoms with Crippen molar-refractivity contribution in [3.63, 3.8) is 0 Å². The summed E-state index contributed by atoms with van der Waals surface area (Å²) in [5.74, 6) is -1.54. The highest BCUT2D eigenvalue weighted by molar-refractivity contribution is 7.91. The number of esters is 1. The van der Waals surface area contributed by atoms with E-state index in [0.29, 0.717) is 23.5 Å². The van der Waals surface area contributed by atoms with E-state index in [-0.39, 0.29) is 16.5 Å². The van der Waals surface area contributed by atoms with Crippen molar-refractivity contribution >= 4 is 38.1 Å². The molecule has 0 atom stereocenters. The quantitative estimate of drug-likeness (QED) is 0.439. The Kier molecular flexibility index (Phi) is 7.08. The number of hydrogen-bond donors (Lipinski definition) is 1. The van der Waals surface area contributed by atoms with Crippen LogP contribution in [0.2, 0.25) is 0 Å². The Morgan fingerprint density at radius 1 is 1.06 bits per heavy atom. The molecule has 0 spiro atoms. The number of carbonyl (C=O) groups is 2. The molecule has 0 saturated carbocycles. The third-order valence-corrected chi connectivity index (χ3v) is 7.95. The van der Waals surface area contributed by atoms with Crippen molar-refractivity contribution in [3.8, 4) is 23.0 Å². The summed E-state index contributed by atoms with van der Waals surface area (Å²) in [6.07, 6.45) is 3.39. The number of methoxy groups -OCH3 is 3. The van der Waals surface area contributed by atoms with Gasteiger partial charge in [0.05, 0.1) is 26.9 Å². The maximum Gasteiger partial charge on any atom is 0.341 e. The molecule has 1 aromatic carbocycles. The SMILES string of the molecule is COC(=O)c1c(NC(=O)CS(=O)(=O)c2nnc(-c3cc(OC)cc(OC)c3)o2)sc2c1CCCC2. The third-order valence-electron chi connectivity index (χ3n) is 5.41. The van der Waals surface area contributed by atoms with E-state index in [9.17, 15) is 18.0 Å². The van der Waals surface area contributed by atoms with Gasteiger partial charge in [0.1, 0.15) is 22.3 Å². The number of benzene rings is 1. The number of sulfone groups is 1. The maximum atomic E-state index is 12.8. The molecule has 0 aliphatic heterocycles. The average molecular weight is 522 g/mol. The highest BCUT2D eigenvalue weighted by Crippen LogP contribution is 2.38. The van der Waals surface area contributed by atoms with E-state index >= 15 is 0 Å². The van der Waals surface area contributed by atoms with Gasteiger partial charge in [-0.15, -0.1) is 16.4 Å². The number of carbonyl (C=O) groups excluding carboxylic acids is 2. The predicted octanol–water partition coefficient (Wildman–Crippen LogP) is 2.89. The molecule has 0 saturated heterocycles. The van der Waals surface area contributed by atoms with Gasteiger partial charge in [-0.1, -0.05) is 5.10 Å². The third kappa shape index (κ3) is 5.15. The molecule has 0 bridgehead atoms. The van der Waals surface area contributed by atoms with Gasteiger partial charge < -0.3 is 23.9 Å². The van der Waals surface area contributed by atoms with Gasteiger partial charge in [0.25, 0.3) is 0 Å². The zero-order chi connectivity index (χ0) is 25.2. The van der Waals surface area contributed by atoms with Gasteiger partial charge in [0, 0.05) is 16.5 Å². The van der Waals surface area contributed by atoms with Crippen LogP contribution in [-0.4, -0.2) is 57.6 Å². The van der Waals surface area contributed by atoms with E-state index in [2.05, 4.69) is 15.5 Å². The monoisotopic (exact) mass is 521 g/mol. The van der Waals surface area contributed by atoms with Crippen LogP contribution in [0.15, 0.2) is 27.8 Å². The van der Waals surface area contributed by atoms with Crippen LogP contribution < -0.4 is 14.8 Å². The summed E-state index contributed by atoms with van der Waals surface area (Å²) in [5, 5.41) is 9.52. The van der Waals surface area contributed by atoms with Crippen molar-refractivity contribution in [2.24, 2.45) is 0 Å². The summed E-state index contributed by atoms with van der Waals surface area (Å²) in [6, 6.07) is 4.78. The first-order chi connectivity index (χ1) is 16.7. The number of nitrogens with one attached hydrogen (secondary N) is 1. The maximum absolute atomic E-state index is 12.8. The summed E-state index contributed by atoms with van der Waals surface area (Å²) in [6.45, 7) is 0. The normalized spacial score (nSPS) is 13.1. The fraction of sp³-hybridized carbons (Fsp3) is 0.364. The minimum atomic E-state index is -4.27. The fourth-order valence-corrected chi connectivity index (χ4v) is 5.96. The number of ether oxygens (including phenoxy) is 3. The van der Waals surface area contributed by atoms with E-state index < -0.39 is 32.7 Å². The first-order valence-electron chi connectivity index (χ1n) is 10.6. The van der Waals surface area contributed by atoms with Gasteiger partial charge in [-0.3, -0.25) is 4.79 Å². The lowest BCUT2D eigenvalue weighted by Crippen LogP contribution is -2.24. The standard InChI is InChI=1S/C22H23N3O8S2/c1-30-13-8-12(9-14(10-13)31-2)19-24-25-22(33-19)35(28,29)11-17(26)23-20-18(21(27)32-3)15-6-4-5-7-16(15)34-20/h8-10H,4-7,11H2,1-3H3,(H,23,26). The second-order valence-electron chi connectivity index (χ2n) is 7.69. The van der Waals surface area contributed by atoms with Crippen LogP contribution in [0.25, 0.3) is 11.5 Å². The molecule has 3 aromatic rings. The van der Waals surface area contributed by atoms with Crippen molar-refractivity contribution < 1.29 is 36.6 Å². The summed E-state index contributed by atoms with van der Waals surface area (Å²) in [4.78, 5) is 26.0. The second kappa shape index (κ2) is 10.0. The summed E-state index contributed by atoms with van der Waals surface area (Å²) < 4.78 is 46.2. The molecule has 2 heterocycles. The van der Waals surface area contributed by atoms with Gasteiger partial charge in [0.2, 0.25) is 21.6 Å². The number of anilines is 1. The molecule has 2 aromatic heterocycles. The number of aromatic nitrogens is 2. The Hall–Kier alpha value is -3.45. The van der Waals surface area contributed by atoms with E-state index in [0.717, 1.165) is 29.7 Å². The number of fused-ring (bicyclic) bond motifs is 1. The Morgan fingerprint density at radius 2 is 1.74 bits per heavy atom. The molecule has 0 fully saturated rings. The summed E-state index contributed by atoms with van der Waals surface area (Å²) in [5.41, 5.74) is 1.51. The number of nitrogens with zero attached hydrogens (tertiary/aromatic N) is 2. The van der Waals surface area contributed by atoms with Crippen LogP contribution in [-0.2, 0) is 32.2 Å². The van der Waals surface area contributed by atoms with Crippen LogP contribution in [0.4, 0.5) is 5.00 Å². The van der Waals surface area contributed by atoms with Gasteiger partial charge in [-0.05, 0) is 43.4 Å². The first kappa shape index (κ1) is 24.7. The Balaban J connectivity index is 1.54. The minimum Gasteiger partial charge on any atom is -0.497 e. The van der Waals surface area contributed by atoms with Gasteiger partial charge in [-0.25, -0.2) is 13.2 Å². The van der Waals surface area contributed by atoms with Crippen LogP contribution in [0, 0.1) is 0 Å². The molecular formula is C22H23N3O8S2. The lowest BCUT2D eigenvalue weighted by atomic mass is 9.95. The van der Waals surface area contributed by atoms with Crippen molar-refractivity contribution in [1.29, 1.82) is 0 Å². The molecule has 186 valence electrons. The lowest BCUT2D eigenvalue weighted by Gasteiger charge is -2.11. The van der Waals surface area contributed by atoms with Crippen molar-refractivity contribution in [1.82, 2.24) is 10.2 Å². The van der Waals surface area contributed by atoms with Crippen LogP contribution >= 0.6 is 11.3 Å². The number of hydrogen-bond acceptors (Lipinski definition) is 11. The molecule has 1 aliphatic carbocycles. The van der Waals surface area contributed by atoms with E-state index in [1.165, 1.54) is 32.7 Å². The molecule has 11 nitrogen and oxygen atoms in total. The molecule has 13 heteroatoms. The Morgan fingerprint density at radius 3 is 2.40 bits per heavy atom. The van der Waals surface area contributed by atoms with Crippen molar-refractivity contribution in [2.75, 3.05) is 32.4 Å². The van der Waals surface area contributed by atoms with E-state index in [1.807, 2.05) is 0 Å². The molecule has 1 amide bonds. The highest BCUT2D eigenvalue weighted by Gasteiger charge is 2.30. The zero-order valence-electron chi connectivity index (χ0n) is 19.2. The highest BCUT2D eigenvalue weighted by atomic mass is 32.2. The number of aryl methyl sites for hydroxylation is 1. The molecular weight excluding hydrogens is 498 g/mol. The Labute approximate surface area is 205 Å². The summed E-state index contributed by atoms with van der Waals surface area (Å²) in [7, 11) is -0.0675. The number of thiophene rings is 1. The van der Waals surface area contributed by atoms with Crippen LogP contribution in [0.3, 0.4) is 0 Å². The molecule has 1 N–H and O–H groups in total. The molecule has 1 aliphatic rings. The van der Waals surface area contributed by atoms with Crippen molar-refractivity contribution in [3.05, 3.63) is 34.2 Å². The largest absolute Gasteiger partial charge is 0.497 e. The van der Waals surface area contributed by atoms with Crippen LogP contribution in [0.1, 0.15) is 33.6 Å².